The lowest BCUT2D eigenvalue weighted by Crippen LogP contribution is -2.50. The summed E-state index contributed by atoms with van der Waals surface area (Å²) in [7, 11) is 1.58. The Morgan fingerprint density at radius 3 is 2.19 bits per heavy atom. The van der Waals surface area contributed by atoms with Crippen molar-refractivity contribution in [3.63, 3.8) is 0 Å². The fraction of sp³-hybridized carbons (Fsp3) is 0.300. The zero-order chi connectivity index (χ0) is 30.4. The molecule has 0 aromatic heterocycles. The highest BCUT2D eigenvalue weighted by atomic mass is 19.1. The van der Waals surface area contributed by atoms with Crippen LogP contribution in [0.5, 0.6) is 5.75 Å². The molecule has 5 amide bonds. The largest absolute Gasteiger partial charge is 0.485 e. The minimum absolute atomic E-state index is 0.0965. The van der Waals surface area contributed by atoms with E-state index in [2.05, 4.69) is 16.0 Å². The molecule has 3 atom stereocenters. The Labute approximate surface area is 242 Å². The summed E-state index contributed by atoms with van der Waals surface area (Å²) in [5, 5.41) is 17.9. The number of urea groups is 2. The Hall–Kier alpha value is -4.71. The number of hydrogen-bond donors (Lipinski definition) is 4. The molecule has 0 bridgehead atoms. The number of para-hydroxylation sites is 1. The first-order chi connectivity index (χ1) is 20.0. The highest BCUT2D eigenvalue weighted by molar-refractivity contribution is 6.04. The van der Waals surface area contributed by atoms with Crippen molar-refractivity contribution in [1.82, 2.24) is 9.80 Å². The zero-order valence-corrected chi connectivity index (χ0v) is 23.4. The fourth-order valence-electron chi connectivity index (χ4n) is 4.48. The van der Waals surface area contributed by atoms with Gasteiger partial charge >= 0.3 is 12.1 Å². The molecule has 12 heteroatoms. The lowest BCUT2D eigenvalue weighted by molar-refractivity contribution is 0.0373. The van der Waals surface area contributed by atoms with E-state index in [1.165, 1.54) is 53.4 Å². The van der Waals surface area contributed by atoms with Crippen molar-refractivity contribution in [2.45, 2.75) is 26.0 Å². The maximum absolute atomic E-state index is 13.6. The molecule has 0 radical (unpaired) electrons. The van der Waals surface area contributed by atoms with Gasteiger partial charge in [-0.2, -0.15) is 0 Å². The van der Waals surface area contributed by atoms with Crippen molar-refractivity contribution in [3.05, 3.63) is 83.9 Å². The number of rotatable bonds is 7. The Balaban J connectivity index is 1.61. The van der Waals surface area contributed by atoms with Gasteiger partial charge in [-0.1, -0.05) is 13.0 Å². The number of likely N-dealkylation sites (N-methyl/N-ethyl adjacent to an activating group) is 1. The maximum atomic E-state index is 13.6. The Morgan fingerprint density at radius 1 is 1.00 bits per heavy atom. The zero-order valence-electron chi connectivity index (χ0n) is 23.4. The second kappa shape index (κ2) is 13.3. The highest BCUT2D eigenvalue weighted by Crippen LogP contribution is 2.35. The molecular weight excluding hydrogens is 548 g/mol. The molecule has 3 aromatic rings. The van der Waals surface area contributed by atoms with Gasteiger partial charge in [0, 0.05) is 30.9 Å². The normalized spacial score (nSPS) is 17.2. The highest BCUT2D eigenvalue weighted by Gasteiger charge is 2.35. The third-order valence-corrected chi connectivity index (χ3v) is 6.94. The van der Waals surface area contributed by atoms with Crippen molar-refractivity contribution >= 4 is 35.0 Å². The topological polar surface area (TPSA) is 123 Å². The number of aliphatic hydroxyl groups is 1. The average molecular weight is 582 g/mol. The quantitative estimate of drug-likeness (QED) is 0.313. The van der Waals surface area contributed by atoms with Crippen LogP contribution in [-0.4, -0.2) is 71.8 Å². The number of nitrogens with one attached hydrogen (secondary N) is 3. The molecule has 4 rings (SSSR count). The van der Waals surface area contributed by atoms with E-state index in [1.807, 2.05) is 6.92 Å². The summed E-state index contributed by atoms with van der Waals surface area (Å²) in [6.07, 6.45) is -0.641. The predicted molar refractivity (Wildman–Crippen MR) is 155 cm³/mol. The number of aliphatic hydroxyl groups excluding tert-OH is 1. The van der Waals surface area contributed by atoms with Gasteiger partial charge in [0.25, 0.3) is 5.91 Å². The number of ether oxygens (including phenoxy) is 1. The molecule has 0 aliphatic carbocycles. The molecule has 0 unspecified atom stereocenters. The number of nitrogens with zero attached hydrogens (tertiary/aromatic N) is 2. The summed E-state index contributed by atoms with van der Waals surface area (Å²) in [6.45, 7) is 3.66. The lowest BCUT2D eigenvalue weighted by Gasteiger charge is -2.38. The van der Waals surface area contributed by atoms with Gasteiger partial charge < -0.3 is 35.6 Å². The van der Waals surface area contributed by atoms with E-state index in [-0.39, 0.29) is 48.5 Å². The van der Waals surface area contributed by atoms with E-state index >= 15 is 0 Å². The molecule has 1 aliphatic heterocycles. The van der Waals surface area contributed by atoms with E-state index in [0.29, 0.717) is 11.4 Å². The van der Waals surface area contributed by atoms with Crippen molar-refractivity contribution in [2.24, 2.45) is 5.92 Å². The van der Waals surface area contributed by atoms with Crippen molar-refractivity contribution in [1.29, 1.82) is 0 Å². The molecule has 3 aromatic carbocycles. The standard InChI is InChI=1S/C30H33F2N5O5/c1-18-15-37(19(2)17-38)28(39)24-5-4-6-25(35-29(40)33-22-11-7-20(31)8-12-22)27(24)42-26(18)16-36(3)30(41)34-23-13-9-21(32)10-14-23/h4-14,18-19,26,38H,15-17H2,1-3H3,(H,34,41)(H2,33,35,40)/t18-,19-,26-/m0/s1. The average Bonchev–Trinajstić information content (AvgIpc) is 2.97. The lowest BCUT2D eigenvalue weighted by atomic mass is 9.99. The van der Waals surface area contributed by atoms with Crippen LogP contribution in [0.15, 0.2) is 66.7 Å². The molecule has 10 nitrogen and oxygen atoms in total. The molecule has 0 saturated carbocycles. The fourth-order valence-corrected chi connectivity index (χ4v) is 4.48. The number of anilines is 3. The van der Waals surface area contributed by atoms with Gasteiger partial charge in [-0.05, 0) is 67.6 Å². The second-order valence-corrected chi connectivity index (χ2v) is 10.2. The first kappa shape index (κ1) is 30.3. The number of carbonyl (C=O) groups excluding carboxylic acids is 3. The maximum Gasteiger partial charge on any atom is 0.323 e. The van der Waals surface area contributed by atoms with Crippen molar-refractivity contribution < 1.29 is 33.0 Å². The van der Waals surface area contributed by atoms with Crippen molar-refractivity contribution in [2.75, 3.05) is 42.7 Å². The van der Waals surface area contributed by atoms with E-state index in [0.717, 1.165) is 0 Å². The van der Waals surface area contributed by atoms with Gasteiger partial charge in [0.15, 0.2) is 5.75 Å². The third kappa shape index (κ3) is 7.32. The van der Waals surface area contributed by atoms with E-state index < -0.39 is 35.8 Å². The number of amides is 5. The van der Waals surface area contributed by atoms with Crippen LogP contribution >= 0.6 is 0 Å². The Morgan fingerprint density at radius 2 is 1.60 bits per heavy atom. The van der Waals surface area contributed by atoms with Gasteiger partial charge in [-0.15, -0.1) is 0 Å². The third-order valence-electron chi connectivity index (χ3n) is 6.94. The number of fused-ring (bicyclic) bond motifs is 1. The van der Waals surface area contributed by atoms with E-state index in [4.69, 9.17) is 4.74 Å². The second-order valence-electron chi connectivity index (χ2n) is 10.2. The summed E-state index contributed by atoms with van der Waals surface area (Å²) in [6, 6.07) is 13.7. The predicted octanol–water partition coefficient (Wildman–Crippen LogP) is 4.99. The SMILES string of the molecule is C[C@H]1CN([C@@H](C)CO)C(=O)c2cccc(NC(=O)Nc3ccc(F)cc3)c2O[C@H]1CN(C)C(=O)Nc1ccc(F)cc1. The van der Waals surface area contributed by atoms with Gasteiger partial charge in [-0.25, -0.2) is 18.4 Å². The van der Waals surface area contributed by atoms with Crippen LogP contribution in [0.2, 0.25) is 0 Å². The molecule has 0 saturated heterocycles. The summed E-state index contributed by atoms with van der Waals surface area (Å²) >= 11 is 0. The van der Waals surface area contributed by atoms with Gasteiger partial charge in [0.05, 0.1) is 30.4 Å². The van der Waals surface area contributed by atoms with Crippen molar-refractivity contribution in [3.8, 4) is 5.75 Å². The van der Waals surface area contributed by atoms with E-state index in [9.17, 15) is 28.3 Å². The van der Waals surface area contributed by atoms with Gasteiger partial charge in [0.2, 0.25) is 0 Å². The first-order valence-corrected chi connectivity index (χ1v) is 13.4. The molecular formula is C30H33F2N5O5. The van der Waals surface area contributed by atoms with Crippen LogP contribution < -0.4 is 20.7 Å². The van der Waals surface area contributed by atoms with Crippen LogP contribution in [0.3, 0.4) is 0 Å². The number of carbonyl (C=O) groups is 3. The number of benzene rings is 3. The molecule has 0 fully saturated rings. The molecule has 4 N–H and O–H groups in total. The van der Waals surface area contributed by atoms with Crippen LogP contribution in [0.1, 0.15) is 24.2 Å². The Bertz CT molecular complexity index is 1420. The van der Waals surface area contributed by atoms with Crippen LogP contribution in [-0.2, 0) is 0 Å². The minimum atomic E-state index is -0.644. The minimum Gasteiger partial charge on any atom is -0.485 e. The summed E-state index contributed by atoms with van der Waals surface area (Å²) in [4.78, 5) is 42.3. The number of halogens is 2. The molecule has 222 valence electrons. The van der Waals surface area contributed by atoms with Crippen LogP contribution in [0.25, 0.3) is 0 Å². The number of hydrogen-bond acceptors (Lipinski definition) is 5. The molecule has 1 heterocycles. The van der Waals surface area contributed by atoms with Gasteiger partial charge in [-0.3, -0.25) is 4.79 Å². The Kier molecular flexibility index (Phi) is 9.58. The monoisotopic (exact) mass is 581 g/mol. The summed E-state index contributed by atoms with van der Waals surface area (Å²) in [5.74, 6) is -1.46. The van der Waals surface area contributed by atoms with Gasteiger partial charge in [0.1, 0.15) is 17.7 Å². The van der Waals surface area contributed by atoms with E-state index in [1.54, 1.807) is 37.1 Å². The summed E-state index contributed by atoms with van der Waals surface area (Å²) in [5.41, 5.74) is 1.14. The summed E-state index contributed by atoms with van der Waals surface area (Å²) < 4.78 is 32.9. The van der Waals surface area contributed by atoms with Crippen LogP contribution in [0.4, 0.5) is 35.4 Å². The van der Waals surface area contributed by atoms with Crippen LogP contribution in [0, 0.1) is 17.6 Å². The molecule has 42 heavy (non-hydrogen) atoms. The first-order valence-electron chi connectivity index (χ1n) is 13.4. The smallest absolute Gasteiger partial charge is 0.323 e. The molecule has 0 spiro atoms. The molecule has 1 aliphatic rings.